The third kappa shape index (κ3) is 4.57. The smallest absolute Gasteiger partial charge is 0.0623 e. The van der Waals surface area contributed by atoms with Crippen molar-refractivity contribution in [3.63, 3.8) is 0 Å². The number of ether oxygens (including phenoxy) is 1. The number of aliphatic hydroxyl groups is 2. The second-order valence-corrected chi connectivity index (χ2v) is 14.2. The maximum Gasteiger partial charge on any atom is 0.0623 e. The molecule has 0 spiro atoms. The van der Waals surface area contributed by atoms with Crippen molar-refractivity contribution in [2.45, 2.75) is 130 Å². The Morgan fingerprint density at radius 3 is 2.24 bits per heavy atom. The lowest BCUT2D eigenvalue weighted by Gasteiger charge is -2.63. The predicted molar refractivity (Wildman–Crippen MR) is 136 cm³/mol. The molecule has 2 N–H and O–H groups in total. The number of fused-ring (bicyclic) bond motifs is 5. The first-order valence-electron chi connectivity index (χ1n) is 14.4. The van der Waals surface area contributed by atoms with Gasteiger partial charge in [-0.3, -0.25) is 0 Å². The molecule has 0 aliphatic heterocycles. The van der Waals surface area contributed by atoms with Gasteiger partial charge in [0.15, 0.2) is 0 Å². The van der Waals surface area contributed by atoms with Gasteiger partial charge in [0.05, 0.1) is 17.8 Å². The second kappa shape index (κ2) is 9.40. The Morgan fingerprint density at radius 1 is 0.879 bits per heavy atom. The number of hydrogen-bond acceptors (Lipinski definition) is 3. The average Bonchev–Trinajstić information content (AvgIpc) is 3.10. The Bertz CT molecular complexity index is 673. The van der Waals surface area contributed by atoms with Crippen LogP contribution in [0.2, 0.25) is 0 Å². The Kier molecular flexibility index (Phi) is 7.39. The lowest BCUT2D eigenvalue weighted by atomic mass is 9.43. The molecule has 33 heavy (non-hydrogen) atoms. The topological polar surface area (TPSA) is 49.7 Å². The zero-order valence-corrected chi connectivity index (χ0v) is 22.8. The van der Waals surface area contributed by atoms with Crippen LogP contribution in [0.1, 0.15) is 112 Å². The fourth-order valence-electron chi connectivity index (χ4n) is 9.85. The molecule has 0 aromatic carbocycles. The Hall–Kier alpha value is -0.120. The summed E-state index contributed by atoms with van der Waals surface area (Å²) in [7, 11) is 1.91. The van der Waals surface area contributed by atoms with E-state index in [0.717, 1.165) is 55.8 Å². The monoisotopic (exact) mass is 462 g/mol. The molecular weight excluding hydrogens is 408 g/mol. The van der Waals surface area contributed by atoms with Crippen molar-refractivity contribution in [2.75, 3.05) is 7.11 Å². The van der Waals surface area contributed by atoms with Crippen molar-refractivity contribution in [2.24, 2.45) is 52.3 Å². The van der Waals surface area contributed by atoms with Crippen molar-refractivity contribution in [1.82, 2.24) is 0 Å². The largest absolute Gasteiger partial charge is 0.393 e. The molecule has 4 aliphatic rings. The van der Waals surface area contributed by atoms with Gasteiger partial charge in [-0.25, -0.2) is 0 Å². The molecule has 3 heteroatoms. The molecule has 0 radical (unpaired) electrons. The summed E-state index contributed by atoms with van der Waals surface area (Å²) in [5, 5.41) is 22.0. The molecule has 4 rings (SSSR count). The van der Waals surface area contributed by atoms with Crippen LogP contribution in [0.4, 0.5) is 0 Å². The Labute approximate surface area is 204 Å². The summed E-state index contributed by atoms with van der Waals surface area (Å²) in [6, 6.07) is 0. The Morgan fingerprint density at radius 2 is 1.58 bits per heavy atom. The van der Waals surface area contributed by atoms with Gasteiger partial charge in [-0.05, 0) is 117 Å². The van der Waals surface area contributed by atoms with E-state index in [2.05, 4.69) is 34.6 Å². The minimum atomic E-state index is -0.531. The lowest BCUT2D eigenvalue weighted by Crippen LogP contribution is -2.60. The van der Waals surface area contributed by atoms with Gasteiger partial charge < -0.3 is 14.9 Å². The molecule has 0 aromatic rings. The van der Waals surface area contributed by atoms with Gasteiger partial charge in [0, 0.05) is 7.11 Å². The zero-order chi connectivity index (χ0) is 24.2. The van der Waals surface area contributed by atoms with E-state index in [-0.39, 0.29) is 12.2 Å². The molecule has 0 bridgehead atoms. The predicted octanol–water partition coefficient (Wildman–Crippen LogP) is 6.84. The fourth-order valence-corrected chi connectivity index (χ4v) is 9.85. The van der Waals surface area contributed by atoms with Crippen LogP contribution in [0, 0.1) is 52.3 Å². The lowest BCUT2D eigenvalue weighted by molar-refractivity contribution is -0.194. The molecule has 192 valence electrons. The van der Waals surface area contributed by atoms with Gasteiger partial charge >= 0.3 is 0 Å². The molecule has 3 nitrogen and oxygen atoms in total. The molecule has 0 heterocycles. The van der Waals surface area contributed by atoms with Crippen molar-refractivity contribution >= 4 is 0 Å². The first kappa shape index (κ1) is 26.0. The molecule has 11 atom stereocenters. The molecule has 0 saturated heterocycles. The van der Waals surface area contributed by atoms with Gasteiger partial charge in [0.1, 0.15) is 0 Å². The van der Waals surface area contributed by atoms with Gasteiger partial charge in [0.2, 0.25) is 0 Å². The average molecular weight is 463 g/mol. The highest BCUT2D eigenvalue weighted by molar-refractivity contribution is 5.12. The summed E-state index contributed by atoms with van der Waals surface area (Å²) in [6.07, 6.45) is 12.9. The van der Waals surface area contributed by atoms with E-state index in [9.17, 15) is 10.2 Å². The van der Waals surface area contributed by atoms with Gasteiger partial charge in [-0.2, -0.15) is 0 Å². The summed E-state index contributed by atoms with van der Waals surface area (Å²) >= 11 is 0. The summed E-state index contributed by atoms with van der Waals surface area (Å²) in [5.41, 5.74) is 0.130. The molecule has 0 aromatic heterocycles. The van der Waals surface area contributed by atoms with E-state index in [4.69, 9.17) is 4.74 Å². The van der Waals surface area contributed by atoms with Crippen LogP contribution in [0.3, 0.4) is 0 Å². The normalized spacial score (nSPS) is 49.3. The highest BCUT2D eigenvalue weighted by Gasteiger charge is 2.63. The van der Waals surface area contributed by atoms with E-state index in [1.165, 1.54) is 38.5 Å². The van der Waals surface area contributed by atoms with E-state index in [0.29, 0.717) is 28.6 Å². The molecule has 4 aliphatic carbocycles. The SMILES string of the molecule is CO[C@@H]1CC2C3CCC([C@H](C)[C@@H](O)CCCC(C)C)[C@@]3(C)CCC2[C@@]2(C)CC[C@](C)(O)CC12. The van der Waals surface area contributed by atoms with Crippen molar-refractivity contribution in [1.29, 1.82) is 0 Å². The van der Waals surface area contributed by atoms with Crippen molar-refractivity contribution in [3.05, 3.63) is 0 Å². The number of methoxy groups -OCH3 is 1. The van der Waals surface area contributed by atoms with Crippen LogP contribution < -0.4 is 0 Å². The van der Waals surface area contributed by atoms with Gasteiger partial charge in [0.25, 0.3) is 0 Å². The first-order chi connectivity index (χ1) is 15.4. The maximum absolute atomic E-state index is 11.1. The van der Waals surface area contributed by atoms with Crippen LogP contribution in [-0.4, -0.2) is 35.1 Å². The minimum Gasteiger partial charge on any atom is -0.393 e. The van der Waals surface area contributed by atoms with E-state index in [1.54, 1.807) is 0 Å². The quantitative estimate of drug-likeness (QED) is 0.435. The van der Waals surface area contributed by atoms with Crippen LogP contribution >= 0.6 is 0 Å². The van der Waals surface area contributed by atoms with Crippen LogP contribution in [0.5, 0.6) is 0 Å². The van der Waals surface area contributed by atoms with Crippen molar-refractivity contribution < 1.29 is 14.9 Å². The number of rotatable bonds is 7. The summed E-state index contributed by atoms with van der Waals surface area (Å²) in [5.74, 6) is 4.54. The maximum atomic E-state index is 11.1. The fraction of sp³-hybridized carbons (Fsp3) is 1.00. The van der Waals surface area contributed by atoms with Gasteiger partial charge in [-0.1, -0.05) is 47.5 Å². The number of aliphatic hydroxyl groups excluding tert-OH is 1. The summed E-state index contributed by atoms with van der Waals surface area (Å²) < 4.78 is 6.17. The van der Waals surface area contributed by atoms with Crippen LogP contribution in [-0.2, 0) is 4.74 Å². The molecule has 5 unspecified atom stereocenters. The standard InChI is InChI=1S/C30H54O3/c1-19(2)9-8-10-26(31)20(3)22-11-12-23-21-17-27(33-7)25-18-28(4,32)15-16-30(25,6)24(21)13-14-29(22,23)5/h19-27,31-32H,8-18H2,1-7H3/t20-,21?,22?,23?,24?,25?,26-,27+,28-,29+,30+/m0/s1. The zero-order valence-electron chi connectivity index (χ0n) is 22.8. The van der Waals surface area contributed by atoms with E-state index >= 15 is 0 Å². The third-order valence-electron chi connectivity index (χ3n) is 11.8. The molecular formula is C30H54O3. The Balaban J connectivity index is 1.51. The number of hydrogen-bond donors (Lipinski definition) is 2. The van der Waals surface area contributed by atoms with E-state index < -0.39 is 5.60 Å². The molecule has 0 amide bonds. The van der Waals surface area contributed by atoms with Gasteiger partial charge in [-0.15, -0.1) is 0 Å². The molecule has 4 fully saturated rings. The highest BCUT2D eigenvalue weighted by Crippen LogP contribution is 2.69. The second-order valence-electron chi connectivity index (χ2n) is 14.2. The summed E-state index contributed by atoms with van der Waals surface area (Å²) in [6.45, 7) is 14.1. The minimum absolute atomic E-state index is 0.150. The van der Waals surface area contributed by atoms with E-state index in [1.807, 2.05) is 14.0 Å². The summed E-state index contributed by atoms with van der Waals surface area (Å²) in [4.78, 5) is 0. The van der Waals surface area contributed by atoms with Crippen molar-refractivity contribution in [3.8, 4) is 0 Å². The highest BCUT2D eigenvalue weighted by atomic mass is 16.5. The first-order valence-corrected chi connectivity index (χ1v) is 14.4. The van der Waals surface area contributed by atoms with Crippen LogP contribution in [0.15, 0.2) is 0 Å². The van der Waals surface area contributed by atoms with Crippen LogP contribution in [0.25, 0.3) is 0 Å². The molecule has 4 saturated carbocycles. The third-order valence-corrected chi connectivity index (χ3v) is 11.8.